The van der Waals surface area contributed by atoms with Crippen LogP contribution in [0.4, 0.5) is 5.82 Å². The highest BCUT2D eigenvalue weighted by Gasteiger charge is 2.54. The lowest BCUT2D eigenvalue weighted by Gasteiger charge is -2.43. The molecule has 1 fully saturated rings. The molecule has 0 bridgehead atoms. The van der Waals surface area contributed by atoms with Crippen molar-refractivity contribution in [2.24, 2.45) is 10.7 Å². The van der Waals surface area contributed by atoms with E-state index in [4.69, 9.17) is 19.9 Å². The second-order valence-electron chi connectivity index (χ2n) is 12.1. The number of imidazole rings is 1. The van der Waals surface area contributed by atoms with E-state index in [1.807, 2.05) is 84.9 Å². The van der Waals surface area contributed by atoms with E-state index >= 15 is 0 Å². The number of aromatic nitrogens is 2. The summed E-state index contributed by atoms with van der Waals surface area (Å²) in [6, 6.07) is 33.2. The minimum atomic E-state index is -1.68. The number of para-hydroxylation sites is 2. The molecule has 2 unspecified atom stereocenters. The Hall–Kier alpha value is -5.33. The van der Waals surface area contributed by atoms with Gasteiger partial charge in [0.2, 0.25) is 5.78 Å². The van der Waals surface area contributed by atoms with Gasteiger partial charge in [-0.3, -0.25) is 15.1 Å². The maximum atomic E-state index is 13.6. The summed E-state index contributed by atoms with van der Waals surface area (Å²) >= 11 is 0. The van der Waals surface area contributed by atoms with Crippen molar-refractivity contribution in [1.82, 2.24) is 14.9 Å². The minimum Gasteiger partial charge on any atom is -0.496 e. The third-order valence-electron chi connectivity index (χ3n) is 9.51. The van der Waals surface area contributed by atoms with Crippen molar-refractivity contribution in [2.75, 3.05) is 14.2 Å². The number of rotatable bonds is 10. The monoisotopic (exact) mass is 659 g/mol. The summed E-state index contributed by atoms with van der Waals surface area (Å²) in [5, 5.41) is 27.5. The topological polar surface area (TPSA) is 153 Å². The molecule has 2 aliphatic rings. The fourth-order valence-corrected chi connectivity index (χ4v) is 7.19. The zero-order valence-corrected chi connectivity index (χ0v) is 27.0. The minimum absolute atomic E-state index is 0.0976. The number of carbonyl (C=O) groups is 1. The van der Waals surface area contributed by atoms with Crippen LogP contribution < -0.4 is 20.5 Å². The maximum absolute atomic E-state index is 13.6. The number of hydrogen-bond donors (Lipinski definition) is 4. The number of carbonyl (C=O) groups excluding carboxylic acids is 1. The van der Waals surface area contributed by atoms with Crippen LogP contribution in [0.15, 0.2) is 121 Å². The SMILES string of the molecule is COc1ccccc1C(c1ccccc1)(c1ccccc1OC)C(O)[C@H]1O[C@@H](n2cnc3c2N=CNC3(N)C(=O)c2ccccc2)C[C@@H]1O. The van der Waals surface area contributed by atoms with Crippen LogP contribution in [-0.4, -0.2) is 64.4 Å². The number of aliphatic hydroxyl groups is 2. The van der Waals surface area contributed by atoms with Crippen molar-refractivity contribution in [3.05, 3.63) is 143 Å². The van der Waals surface area contributed by atoms with Crippen LogP contribution in [0.3, 0.4) is 0 Å². The Kier molecular flexibility index (Phi) is 8.51. The molecule has 2 aliphatic heterocycles. The molecule has 4 aromatic carbocycles. The van der Waals surface area contributed by atoms with E-state index in [-0.39, 0.29) is 17.9 Å². The number of methoxy groups -OCH3 is 2. The van der Waals surface area contributed by atoms with Crippen LogP contribution >= 0.6 is 0 Å². The highest BCUT2D eigenvalue weighted by atomic mass is 16.5. The molecular weight excluding hydrogens is 622 g/mol. The van der Waals surface area contributed by atoms with E-state index < -0.39 is 35.6 Å². The molecule has 250 valence electrons. The van der Waals surface area contributed by atoms with Gasteiger partial charge in [-0.15, -0.1) is 0 Å². The van der Waals surface area contributed by atoms with Gasteiger partial charge < -0.3 is 29.7 Å². The van der Waals surface area contributed by atoms with Crippen molar-refractivity contribution >= 4 is 17.9 Å². The van der Waals surface area contributed by atoms with Gasteiger partial charge in [-0.25, -0.2) is 9.98 Å². The first-order chi connectivity index (χ1) is 23.8. The van der Waals surface area contributed by atoms with Gasteiger partial charge in [0, 0.05) is 23.1 Å². The van der Waals surface area contributed by atoms with Crippen LogP contribution in [0.25, 0.3) is 0 Å². The number of hydrogen-bond acceptors (Lipinski definition) is 10. The predicted molar refractivity (Wildman–Crippen MR) is 183 cm³/mol. The molecule has 1 saturated heterocycles. The summed E-state index contributed by atoms with van der Waals surface area (Å²) in [6.07, 6.45) is -1.46. The van der Waals surface area contributed by atoms with Crippen molar-refractivity contribution in [3.63, 3.8) is 0 Å². The lowest BCUT2D eigenvalue weighted by Crippen LogP contribution is -2.57. The van der Waals surface area contributed by atoms with Crippen LogP contribution in [-0.2, 0) is 15.8 Å². The number of fused-ring (bicyclic) bond motifs is 1. The van der Waals surface area contributed by atoms with Crippen LogP contribution in [0.5, 0.6) is 11.5 Å². The van der Waals surface area contributed by atoms with Gasteiger partial charge in [0.15, 0.2) is 11.5 Å². The van der Waals surface area contributed by atoms with Crippen molar-refractivity contribution in [3.8, 4) is 11.5 Å². The quantitative estimate of drug-likeness (QED) is 0.128. The first-order valence-corrected chi connectivity index (χ1v) is 15.9. The number of aliphatic hydroxyl groups excluding tert-OH is 2. The summed E-state index contributed by atoms with van der Waals surface area (Å²) in [6.45, 7) is 0. The number of nitrogens with two attached hydrogens (primary N) is 1. The molecule has 7 rings (SSSR count). The molecule has 49 heavy (non-hydrogen) atoms. The van der Waals surface area contributed by atoms with Gasteiger partial charge in [0.25, 0.3) is 0 Å². The lowest BCUT2D eigenvalue weighted by molar-refractivity contribution is -0.0967. The maximum Gasteiger partial charge on any atom is 0.209 e. The van der Waals surface area contributed by atoms with Crippen LogP contribution in [0.1, 0.15) is 45.4 Å². The number of aliphatic imine (C=N–C) groups is 1. The standard InChI is InChI=1S/C38H37N5O6/c1-47-29-19-11-9-17-26(29)37(25-15-7-4-8-16-25,27-18-10-12-20-30(27)48-2)35(46)32-28(44)21-31(49-32)43-23-41-33-36(43)40-22-42-38(33,39)34(45)24-13-5-3-6-14-24/h3-20,22-23,28,31-32,35,44,46H,21,39H2,1-2H3,(H,40,42)/t28-,31+,32-,35?,38?/m0/s1. The zero-order chi connectivity index (χ0) is 34.2. The third-order valence-corrected chi connectivity index (χ3v) is 9.51. The lowest BCUT2D eigenvalue weighted by atomic mass is 9.63. The van der Waals surface area contributed by atoms with E-state index in [2.05, 4.69) is 15.3 Å². The van der Waals surface area contributed by atoms with E-state index in [1.54, 1.807) is 43.1 Å². The fraction of sp³-hybridized carbons (Fsp3) is 0.237. The van der Waals surface area contributed by atoms with Gasteiger partial charge in [-0.2, -0.15) is 0 Å². The van der Waals surface area contributed by atoms with Gasteiger partial charge in [-0.1, -0.05) is 97.1 Å². The van der Waals surface area contributed by atoms with Gasteiger partial charge in [0.05, 0.1) is 38.4 Å². The van der Waals surface area contributed by atoms with Crippen molar-refractivity contribution < 1.29 is 29.2 Å². The molecule has 0 saturated carbocycles. The largest absolute Gasteiger partial charge is 0.496 e. The molecule has 1 aromatic heterocycles. The Morgan fingerprint density at radius 3 is 2.12 bits per heavy atom. The predicted octanol–water partition coefficient (Wildman–Crippen LogP) is 4.20. The Balaban J connectivity index is 1.33. The molecule has 5 atom stereocenters. The number of ether oxygens (including phenoxy) is 3. The molecule has 11 heteroatoms. The zero-order valence-electron chi connectivity index (χ0n) is 27.0. The molecule has 5 N–H and O–H groups in total. The number of Topliss-reactive ketones (excluding diaryl/α,β-unsaturated/α-hetero) is 1. The van der Waals surface area contributed by atoms with E-state index in [1.165, 1.54) is 12.7 Å². The molecule has 11 nitrogen and oxygen atoms in total. The highest BCUT2D eigenvalue weighted by molar-refractivity contribution is 6.05. The number of nitrogens with zero attached hydrogens (tertiary/aromatic N) is 3. The Morgan fingerprint density at radius 2 is 1.51 bits per heavy atom. The third kappa shape index (κ3) is 5.19. The Morgan fingerprint density at radius 1 is 0.939 bits per heavy atom. The second-order valence-corrected chi connectivity index (χ2v) is 12.1. The Labute approximate surface area is 283 Å². The summed E-state index contributed by atoms with van der Waals surface area (Å²) in [5.41, 5.74) is 6.33. The van der Waals surface area contributed by atoms with Crippen molar-refractivity contribution in [2.45, 2.75) is 42.0 Å². The van der Waals surface area contributed by atoms with Crippen LogP contribution in [0, 0.1) is 0 Å². The van der Waals surface area contributed by atoms with E-state index in [0.29, 0.717) is 34.0 Å². The molecule has 5 aromatic rings. The number of ketones is 1. The first kappa shape index (κ1) is 32.2. The van der Waals surface area contributed by atoms with Gasteiger partial charge in [-0.05, 0) is 17.7 Å². The summed E-state index contributed by atoms with van der Waals surface area (Å²) < 4.78 is 20.0. The normalized spacial score (nSPS) is 22.2. The van der Waals surface area contributed by atoms with E-state index in [0.717, 1.165) is 5.56 Å². The van der Waals surface area contributed by atoms with E-state index in [9.17, 15) is 15.0 Å². The molecule has 0 radical (unpaired) electrons. The van der Waals surface area contributed by atoms with Crippen LogP contribution in [0.2, 0.25) is 0 Å². The van der Waals surface area contributed by atoms with Gasteiger partial charge >= 0.3 is 0 Å². The fourth-order valence-electron chi connectivity index (χ4n) is 7.19. The first-order valence-electron chi connectivity index (χ1n) is 15.9. The summed E-state index contributed by atoms with van der Waals surface area (Å²) in [5.74, 6) is 0.996. The average molecular weight is 660 g/mol. The molecule has 0 amide bonds. The second kappa shape index (κ2) is 12.9. The number of nitrogens with one attached hydrogen (secondary N) is 1. The molecule has 0 aliphatic carbocycles. The smallest absolute Gasteiger partial charge is 0.209 e. The molecular formula is C38H37N5O6. The Bertz CT molecular complexity index is 1940. The summed E-state index contributed by atoms with van der Waals surface area (Å²) in [7, 11) is 3.16. The highest BCUT2D eigenvalue weighted by Crippen LogP contribution is 2.52. The molecule has 0 spiro atoms. The molecule has 3 heterocycles. The van der Waals surface area contributed by atoms with Crippen molar-refractivity contribution in [1.29, 1.82) is 0 Å². The summed E-state index contributed by atoms with van der Waals surface area (Å²) in [4.78, 5) is 22.6. The number of benzene rings is 4. The van der Waals surface area contributed by atoms with Gasteiger partial charge in [0.1, 0.15) is 35.6 Å². The average Bonchev–Trinajstić information content (AvgIpc) is 3.77.